The Bertz CT molecular complexity index is 760. The molecule has 0 aliphatic carbocycles. The number of thioether (sulfide) groups is 2. The molecule has 3 aromatic rings. The number of benzene rings is 1. The van der Waals surface area contributed by atoms with Gasteiger partial charge in [0.25, 0.3) is 0 Å². The van der Waals surface area contributed by atoms with E-state index in [1.54, 1.807) is 6.20 Å². The number of amides is 1. The first-order valence-corrected chi connectivity index (χ1v) is 10.3. The SMILES string of the molecule is CSc1nsc(S[C@@H](C(=O)Nc2nccs2)c2ccccc2)n1. The number of anilines is 1. The van der Waals surface area contributed by atoms with Crippen molar-refractivity contribution in [1.29, 1.82) is 0 Å². The number of nitrogens with zero attached hydrogens (tertiary/aromatic N) is 3. The molecule has 5 nitrogen and oxygen atoms in total. The number of carbonyl (C=O) groups excluding carboxylic acids is 1. The average Bonchev–Trinajstić information content (AvgIpc) is 3.24. The summed E-state index contributed by atoms with van der Waals surface area (Å²) < 4.78 is 5.02. The Morgan fingerprint density at radius 3 is 2.78 bits per heavy atom. The van der Waals surface area contributed by atoms with Crippen molar-refractivity contribution in [3.8, 4) is 0 Å². The monoisotopic (exact) mass is 380 g/mol. The molecular weight excluding hydrogens is 368 g/mol. The Balaban J connectivity index is 1.82. The quantitative estimate of drug-likeness (QED) is 0.647. The molecule has 0 fully saturated rings. The summed E-state index contributed by atoms with van der Waals surface area (Å²) in [7, 11) is 0. The third-order valence-corrected chi connectivity index (χ3v) is 6.18. The maximum absolute atomic E-state index is 12.7. The van der Waals surface area contributed by atoms with Gasteiger partial charge in [0.15, 0.2) is 9.47 Å². The Kier molecular flexibility index (Phi) is 5.65. The Morgan fingerprint density at radius 2 is 2.13 bits per heavy atom. The third kappa shape index (κ3) is 4.31. The molecule has 0 aliphatic rings. The zero-order chi connectivity index (χ0) is 16.1. The van der Waals surface area contributed by atoms with Crippen molar-refractivity contribution in [3.05, 3.63) is 47.5 Å². The molecule has 2 heterocycles. The van der Waals surface area contributed by atoms with Crippen molar-refractivity contribution in [2.75, 3.05) is 11.6 Å². The second kappa shape index (κ2) is 7.91. The van der Waals surface area contributed by atoms with Crippen LogP contribution in [0.5, 0.6) is 0 Å². The van der Waals surface area contributed by atoms with Crippen LogP contribution in [0, 0.1) is 0 Å². The van der Waals surface area contributed by atoms with Crippen LogP contribution in [0.1, 0.15) is 10.8 Å². The maximum Gasteiger partial charge on any atom is 0.244 e. The van der Waals surface area contributed by atoms with E-state index in [4.69, 9.17) is 0 Å². The van der Waals surface area contributed by atoms with Gasteiger partial charge in [-0.1, -0.05) is 53.9 Å². The highest BCUT2D eigenvalue weighted by Crippen LogP contribution is 2.37. The number of nitrogens with one attached hydrogen (secondary N) is 1. The molecule has 0 aliphatic heterocycles. The molecule has 1 amide bonds. The molecule has 1 N–H and O–H groups in total. The van der Waals surface area contributed by atoms with Crippen LogP contribution < -0.4 is 5.32 Å². The molecule has 1 atom stereocenters. The molecule has 0 spiro atoms. The van der Waals surface area contributed by atoms with Gasteiger partial charge < -0.3 is 5.32 Å². The van der Waals surface area contributed by atoms with Gasteiger partial charge in [-0.3, -0.25) is 4.79 Å². The van der Waals surface area contributed by atoms with Crippen molar-refractivity contribution in [2.45, 2.75) is 14.7 Å². The average molecular weight is 381 g/mol. The number of carbonyl (C=O) groups is 1. The predicted molar refractivity (Wildman–Crippen MR) is 97.5 cm³/mol. The van der Waals surface area contributed by atoms with E-state index < -0.39 is 5.25 Å². The van der Waals surface area contributed by atoms with Crippen molar-refractivity contribution in [3.63, 3.8) is 0 Å². The molecular formula is C14H12N4OS4. The first-order valence-electron chi connectivity index (χ1n) is 6.56. The highest BCUT2D eigenvalue weighted by molar-refractivity contribution is 8.02. The van der Waals surface area contributed by atoms with Crippen LogP contribution >= 0.6 is 46.4 Å². The normalized spacial score (nSPS) is 12.0. The highest BCUT2D eigenvalue weighted by atomic mass is 32.2. The van der Waals surface area contributed by atoms with Gasteiger partial charge in [0.2, 0.25) is 11.1 Å². The Labute approximate surface area is 150 Å². The van der Waals surface area contributed by atoms with Crippen LogP contribution in [0.15, 0.2) is 51.4 Å². The van der Waals surface area contributed by atoms with E-state index in [-0.39, 0.29) is 5.91 Å². The van der Waals surface area contributed by atoms with Crippen LogP contribution in [0.3, 0.4) is 0 Å². The first kappa shape index (κ1) is 16.4. The standard InChI is InChI=1S/C14H12N4OS4/c1-20-13-17-14(23-18-13)22-10(9-5-3-2-4-6-9)11(19)16-12-15-7-8-21-12/h2-8,10H,1H3,(H,15,16,19)/t10-/m1/s1. The fraction of sp³-hybridized carbons (Fsp3) is 0.143. The Hall–Kier alpha value is -1.42. The van der Waals surface area contributed by atoms with Gasteiger partial charge in [0.1, 0.15) is 5.25 Å². The summed E-state index contributed by atoms with van der Waals surface area (Å²) in [5.74, 6) is -0.114. The van der Waals surface area contributed by atoms with E-state index in [1.807, 2.05) is 42.0 Å². The van der Waals surface area contributed by atoms with Crippen molar-refractivity contribution in [2.24, 2.45) is 0 Å². The van der Waals surface area contributed by atoms with E-state index in [2.05, 4.69) is 19.7 Å². The number of thiazole rings is 1. The van der Waals surface area contributed by atoms with E-state index in [0.29, 0.717) is 5.13 Å². The molecule has 0 bridgehead atoms. The summed E-state index contributed by atoms with van der Waals surface area (Å²) in [4.78, 5) is 21.2. The zero-order valence-electron chi connectivity index (χ0n) is 12.0. The summed E-state index contributed by atoms with van der Waals surface area (Å²) in [6.07, 6.45) is 3.60. The predicted octanol–water partition coefficient (Wildman–Crippen LogP) is 4.19. The summed E-state index contributed by atoms with van der Waals surface area (Å²) in [5.41, 5.74) is 0.924. The topological polar surface area (TPSA) is 67.8 Å². The molecule has 3 rings (SSSR count). The van der Waals surface area contributed by atoms with Gasteiger partial charge >= 0.3 is 0 Å². The van der Waals surface area contributed by atoms with Gasteiger partial charge in [-0.2, -0.15) is 4.37 Å². The number of hydrogen-bond acceptors (Lipinski definition) is 8. The van der Waals surface area contributed by atoms with Gasteiger partial charge in [0, 0.05) is 11.6 Å². The van der Waals surface area contributed by atoms with Crippen molar-refractivity contribution in [1.82, 2.24) is 14.3 Å². The Morgan fingerprint density at radius 1 is 1.30 bits per heavy atom. The van der Waals surface area contributed by atoms with E-state index >= 15 is 0 Å². The number of aromatic nitrogens is 3. The molecule has 118 valence electrons. The minimum absolute atomic E-state index is 0.114. The van der Waals surface area contributed by atoms with E-state index in [9.17, 15) is 4.79 Å². The van der Waals surface area contributed by atoms with E-state index in [1.165, 1.54) is 46.4 Å². The van der Waals surface area contributed by atoms with Crippen LogP contribution in [0.2, 0.25) is 0 Å². The lowest BCUT2D eigenvalue weighted by molar-refractivity contribution is -0.115. The molecule has 23 heavy (non-hydrogen) atoms. The molecule has 0 unspecified atom stereocenters. The second-order valence-corrected chi connectivity index (χ2v) is 8.05. The van der Waals surface area contributed by atoms with Gasteiger partial charge in [-0.05, 0) is 23.4 Å². The number of hydrogen-bond donors (Lipinski definition) is 1. The fourth-order valence-corrected chi connectivity index (χ4v) is 4.72. The maximum atomic E-state index is 12.7. The molecule has 2 aromatic heterocycles. The van der Waals surface area contributed by atoms with Crippen LogP contribution in [-0.2, 0) is 4.79 Å². The largest absolute Gasteiger partial charge is 0.301 e. The summed E-state index contributed by atoms with van der Waals surface area (Å²) in [6, 6.07) is 9.66. The summed E-state index contributed by atoms with van der Waals surface area (Å²) >= 11 is 5.60. The summed E-state index contributed by atoms with van der Waals surface area (Å²) in [6.45, 7) is 0. The first-order chi connectivity index (χ1) is 11.3. The number of rotatable bonds is 6. The van der Waals surface area contributed by atoms with Crippen molar-refractivity contribution < 1.29 is 4.79 Å². The lowest BCUT2D eigenvalue weighted by atomic mass is 10.1. The minimum atomic E-state index is -0.400. The minimum Gasteiger partial charge on any atom is -0.301 e. The fourth-order valence-electron chi connectivity index (χ4n) is 1.79. The highest BCUT2D eigenvalue weighted by Gasteiger charge is 2.24. The van der Waals surface area contributed by atoms with Crippen LogP contribution in [0.25, 0.3) is 0 Å². The van der Waals surface area contributed by atoms with Crippen molar-refractivity contribution >= 4 is 57.4 Å². The third-order valence-electron chi connectivity index (χ3n) is 2.79. The molecule has 0 saturated heterocycles. The van der Waals surface area contributed by atoms with E-state index in [0.717, 1.165) is 15.1 Å². The van der Waals surface area contributed by atoms with Gasteiger partial charge in [-0.15, -0.1) is 11.3 Å². The van der Waals surface area contributed by atoms with Gasteiger partial charge in [0.05, 0.1) is 0 Å². The van der Waals surface area contributed by atoms with Gasteiger partial charge in [-0.25, -0.2) is 9.97 Å². The summed E-state index contributed by atoms with van der Waals surface area (Å²) in [5, 5.41) is 5.61. The second-order valence-electron chi connectivity index (χ2n) is 4.28. The molecule has 0 radical (unpaired) electrons. The lowest BCUT2D eigenvalue weighted by Crippen LogP contribution is -2.18. The smallest absolute Gasteiger partial charge is 0.244 e. The van der Waals surface area contributed by atoms with Crippen LogP contribution in [-0.4, -0.2) is 26.5 Å². The molecule has 1 aromatic carbocycles. The zero-order valence-corrected chi connectivity index (χ0v) is 15.3. The molecule has 9 heteroatoms. The molecule has 0 saturated carbocycles. The van der Waals surface area contributed by atoms with Crippen LogP contribution in [0.4, 0.5) is 5.13 Å². The lowest BCUT2D eigenvalue weighted by Gasteiger charge is -2.14.